The van der Waals surface area contributed by atoms with Gasteiger partial charge in [-0.3, -0.25) is 4.79 Å². The lowest BCUT2D eigenvalue weighted by Gasteiger charge is -2.08. The summed E-state index contributed by atoms with van der Waals surface area (Å²) in [4.78, 5) is 32.4. The zero-order chi connectivity index (χ0) is 23.3. The van der Waals surface area contributed by atoms with Crippen LogP contribution in [0.4, 0.5) is 13.2 Å². The van der Waals surface area contributed by atoms with Crippen molar-refractivity contribution in [2.75, 3.05) is 6.61 Å². The van der Waals surface area contributed by atoms with Gasteiger partial charge in [0.25, 0.3) is 5.91 Å². The molecule has 12 heteroatoms. The third kappa shape index (κ3) is 5.20. The number of halogens is 3. The Bertz CT molecular complexity index is 1230. The van der Waals surface area contributed by atoms with Crippen LogP contribution in [-0.2, 0) is 16.1 Å². The summed E-state index contributed by atoms with van der Waals surface area (Å²) in [7, 11) is 0. The van der Waals surface area contributed by atoms with Gasteiger partial charge < -0.3 is 20.2 Å². The summed E-state index contributed by atoms with van der Waals surface area (Å²) in [6, 6.07) is 7.26. The zero-order valence-electron chi connectivity index (χ0n) is 16.1. The molecule has 0 atom stereocenters. The van der Waals surface area contributed by atoms with Crippen molar-refractivity contribution in [2.24, 2.45) is 5.73 Å². The second-order valence-electron chi connectivity index (χ2n) is 6.29. The number of amides is 1. The van der Waals surface area contributed by atoms with Gasteiger partial charge in [0.05, 0.1) is 23.8 Å². The maximum absolute atomic E-state index is 12.4. The Kier molecular flexibility index (Phi) is 6.39. The second-order valence-corrected chi connectivity index (χ2v) is 6.29. The number of nitriles is 1. The SMILES string of the molecule is N#Cc1cc(C(=O)OCC(F)(F)F)c2oc(CNC(=O)/C(=C/N)c3ncccn3)cc2c1. The number of furan rings is 1. The first-order chi connectivity index (χ1) is 15.2. The lowest BCUT2D eigenvalue weighted by molar-refractivity contribution is -0.161. The smallest absolute Gasteiger partial charge is 0.422 e. The van der Waals surface area contributed by atoms with Crippen molar-refractivity contribution in [3.05, 3.63) is 65.6 Å². The summed E-state index contributed by atoms with van der Waals surface area (Å²) in [5.74, 6) is -1.64. The minimum atomic E-state index is -4.71. The Balaban J connectivity index is 1.82. The number of nitrogens with zero attached hydrogens (tertiary/aromatic N) is 3. The van der Waals surface area contributed by atoms with Gasteiger partial charge >= 0.3 is 12.1 Å². The van der Waals surface area contributed by atoms with Crippen LogP contribution in [0.5, 0.6) is 0 Å². The molecule has 3 N–H and O–H groups in total. The molecule has 0 aliphatic rings. The highest BCUT2D eigenvalue weighted by molar-refractivity contribution is 6.18. The molecule has 3 aromatic rings. The van der Waals surface area contributed by atoms with E-state index in [1.165, 1.54) is 24.5 Å². The molecule has 0 saturated carbocycles. The number of hydrogen-bond donors (Lipinski definition) is 2. The molecule has 32 heavy (non-hydrogen) atoms. The van der Waals surface area contributed by atoms with E-state index in [0.29, 0.717) is 0 Å². The average Bonchev–Trinajstić information content (AvgIpc) is 3.19. The molecule has 0 unspecified atom stereocenters. The van der Waals surface area contributed by atoms with Gasteiger partial charge in [0, 0.05) is 24.0 Å². The van der Waals surface area contributed by atoms with Crippen molar-refractivity contribution in [2.45, 2.75) is 12.7 Å². The Morgan fingerprint density at radius 2 is 1.97 bits per heavy atom. The van der Waals surface area contributed by atoms with E-state index >= 15 is 0 Å². The molecule has 0 bridgehead atoms. The number of hydrogen-bond acceptors (Lipinski definition) is 8. The van der Waals surface area contributed by atoms with Gasteiger partial charge in [-0.1, -0.05) is 0 Å². The number of carbonyl (C=O) groups excluding carboxylic acids is 2. The number of aromatic nitrogens is 2. The number of ether oxygens (including phenoxy) is 1. The third-order valence-electron chi connectivity index (χ3n) is 4.02. The predicted octanol–water partition coefficient (Wildman–Crippen LogP) is 2.43. The van der Waals surface area contributed by atoms with Crippen LogP contribution in [0.2, 0.25) is 0 Å². The number of carbonyl (C=O) groups is 2. The molecular weight excluding hydrogens is 431 g/mol. The molecule has 164 valence electrons. The van der Waals surface area contributed by atoms with E-state index in [4.69, 9.17) is 15.4 Å². The first kappa shape index (κ1) is 22.3. The summed E-state index contributed by atoms with van der Waals surface area (Å²) < 4.78 is 46.9. The van der Waals surface area contributed by atoms with Crippen LogP contribution in [-0.4, -0.2) is 34.6 Å². The monoisotopic (exact) mass is 445 g/mol. The summed E-state index contributed by atoms with van der Waals surface area (Å²) in [5.41, 5.74) is 5.08. The fourth-order valence-corrected chi connectivity index (χ4v) is 2.69. The lowest BCUT2D eigenvalue weighted by Crippen LogP contribution is -2.25. The number of fused-ring (bicyclic) bond motifs is 1. The van der Waals surface area contributed by atoms with Gasteiger partial charge in [-0.25, -0.2) is 14.8 Å². The highest BCUT2D eigenvalue weighted by Crippen LogP contribution is 2.27. The topological polar surface area (TPSA) is 144 Å². The minimum Gasteiger partial charge on any atom is -0.458 e. The molecule has 0 radical (unpaired) electrons. The summed E-state index contributed by atoms with van der Waals surface area (Å²) >= 11 is 0. The summed E-state index contributed by atoms with van der Waals surface area (Å²) in [6.07, 6.45) is -0.802. The van der Waals surface area contributed by atoms with E-state index in [0.717, 1.165) is 12.3 Å². The number of alkyl halides is 3. The molecule has 0 aliphatic heterocycles. The number of benzene rings is 1. The van der Waals surface area contributed by atoms with Crippen LogP contribution in [0.3, 0.4) is 0 Å². The van der Waals surface area contributed by atoms with Crippen molar-refractivity contribution in [3.63, 3.8) is 0 Å². The Morgan fingerprint density at radius 1 is 1.25 bits per heavy atom. The van der Waals surface area contributed by atoms with Gasteiger partial charge in [0.15, 0.2) is 12.4 Å². The number of nitrogens with one attached hydrogen (secondary N) is 1. The predicted molar refractivity (Wildman–Crippen MR) is 103 cm³/mol. The van der Waals surface area contributed by atoms with Gasteiger partial charge in [-0.2, -0.15) is 18.4 Å². The Labute approximate surface area is 178 Å². The lowest BCUT2D eigenvalue weighted by atomic mass is 10.1. The molecule has 3 rings (SSSR count). The van der Waals surface area contributed by atoms with Crippen LogP contribution in [0.25, 0.3) is 16.5 Å². The maximum Gasteiger partial charge on any atom is 0.422 e. The molecule has 0 fully saturated rings. The average molecular weight is 445 g/mol. The highest BCUT2D eigenvalue weighted by atomic mass is 19.4. The standard InChI is InChI=1S/C20H14F3N5O4/c21-20(22,23)10-31-19(30)14-5-11(7-24)4-12-6-13(32-16(12)14)9-28-18(29)15(8-25)17-26-2-1-3-27-17/h1-6,8H,9-10,25H2,(H,28,29)/b15-8+. The van der Waals surface area contributed by atoms with Crippen LogP contribution in [0.15, 0.2) is 47.3 Å². The van der Waals surface area contributed by atoms with E-state index in [-0.39, 0.29) is 45.8 Å². The van der Waals surface area contributed by atoms with E-state index in [1.54, 1.807) is 6.07 Å². The van der Waals surface area contributed by atoms with Gasteiger partial charge in [0.1, 0.15) is 16.9 Å². The highest BCUT2D eigenvalue weighted by Gasteiger charge is 2.30. The molecule has 0 aliphatic carbocycles. The largest absolute Gasteiger partial charge is 0.458 e. The first-order valence-corrected chi connectivity index (χ1v) is 8.89. The molecule has 1 amide bonds. The number of rotatable bonds is 6. The van der Waals surface area contributed by atoms with E-state index in [9.17, 15) is 22.8 Å². The second kappa shape index (κ2) is 9.17. The Morgan fingerprint density at radius 3 is 2.59 bits per heavy atom. The maximum atomic E-state index is 12.4. The van der Waals surface area contributed by atoms with Gasteiger partial charge in [-0.15, -0.1) is 0 Å². The Hall–Kier alpha value is -4.40. The molecular formula is C20H14F3N5O4. The minimum absolute atomic E-state index is 0.00453. The summed E-state index contributed by atoms with van der Waals surface area (Å²) in [6.45, 7) is -1.94. The fraction of sp³-hybridized carbons (Fsp3) is 0.150. The first-order valence-electron chi connectivity index (χ1n) is 8.89. The molecule has 1 aromatic carbocycles. The van der Waals surface area contributed by atoms with Crippen LogP contribution < -0.4 is 11.1 Å². The summed E-state index contributed by atoms with van der Waals surface area (Å²) in [5, 5.41) is 12.0. The molecule has 9 nitrogen and oxygen atoms in total. The van der Waals surface area contributed by atoms with Crippen LogP contribution in [0, 0.1) is 11.3 Å². The normalized spacial score (nSPS) is 11.8. The van der Waals surface area contributed by atoms with Crippen molar-refractivity contribution in [3.8, 4) is 6.07 Å². The van der Waals surface area contributed by atoms with E-state index in [2.05, 4.69) is 20.0 Å². The van der Waals surface area contributed by atoms with Gasteiger partial charge in [-0.05, 0) is 24.3 Å². The number of nitrogens with two attached hydrogens (primary N) is 1. The molecule has 2 aromatic heterocycles. The van der Waals surface area contributed by atoms with Crippen LogP contribution >= 0.6 is 0 Å². The quantitative estimate of drug-likeness (QED) is 0.435. The fourth-order valence-electron chi connectivity index (χ4n) is 2.69. The molecule has 0 saturated heterocycles. The van der Waals surface area contributed by atoms with Crippen molar-refractivity contribution in [1.29, 1.82) is 5.26 Å². The van der Waals surface area contributed by atoms with Crippen LogP contribution in [0.1, 0.15) is 27.5 Å². The third-order valence-corrected chi connectivity index (χ3v) is 4.02. The van der Waals surface area contributed by atoms with Crippen molar-refractivity contribution < 1.29 is 31.9 Å². The van der Waals surface area contributed by atoms with Crippen molar-refractivity contribution in [1.82, 2.24) is 15.3 Å². The van der Waals surface area contributed by atoms with Gasteiger partial charge in [0.2, 0.25) is 0 Å². The van der Waals surface area contributed by atoms with E-state index in [1.807, 2.05) is 6.07 Å². The van der Waals surface area contributed by atoms with Crippen molar-refractivity contribution >= 4 is 28.4 Å². The molecule has 2 heterocycles. The molecule has 0 spiro atoms. The number of esters is 1. The zero-order valence-corrected chi connectivity index (χ0v) is 16.1. The van der Waals surface area contributed by atoms with E-state index < -0.39 is 24.7 Å².